The lowest BCUT2D eigenvalue weighted by Gasteiger charge is -2.09. The topological polar surface area (TPSA) is 26.2 Å². The number of nitrogens with zero attached hydrogens (tertiary/aromatic N) is 1. The van der Waals surface area contributed by atoms with E-state index < -0.39 is 0 Å². The summed E-state index contributed by atoms with van der Waals surface area (Å²) in [7, 11) is 2.13. The average Bonchev–Trinajstić information content (AvgIpc) is 2.66. The van der Waals surface area contributed by atoms with Crippen LogP contribution in [0.3, 0.4) is 0 Å². The van der Waals surface area contributed by atoms with Crippen LogP contribution in [0.2, 0.25) is 0 Å². The maximum Gasteiger partial charge on any atom is 0.120 e. The van der Waals surface area contributed by atoms with Crippen molar-refractivity contribution in [3.8, 4) is 5.75 Å². The van der Waals surface area contributed by atoms with E-state index in [2.05, 4.69) is 62.8 Å². The van der Waals surface area contributed by atoms with Crippen molar-refractivity contribution in [2.24, 2.45) is 7.05 Å². The second-order valence-electron chi connectivity index (χ2n) is 5.69. The van der Waals surface area contributed by atoms with Crippen molar-refractivity contribution < 1.29 is 4.74 Å². The molecular formula is C17H26N2O. The van der Waals surface area contributed by atoms with Crippen LogP contribution >= 0.6 is 0 Å². The highest BCUT2D eigenvalue weighted by Gasteiger charge is 2.12. The minimum absolute atomic E-state index is 0.490. The first-order valence-corrected chi connectivity index (χ1v) is 7.48. The molecule has 0 unspecified atom stereocenters. The molecule has 0 bridgehead atoms. The highest BCUT2D eigenvalue weighted by atomic mass is 16.5. The Bertz CT molecular complexity index is 584. The van der Waals surface area contributed by atoms with Crippen LogP contribution in [0.15, 0.2) is 18.2 Å². The Morgan fingerprint density at radius 1 is 1.30 bits per heavy atom. The molecule has 1 aromatic heterocycles. The normalized spacial score (nSPS) is 11.5. The van der Waals surface area contributed by atoms with E-state index in [1.54, 1.807) is 0 Å². The van der Waals surface area contributed by atoms with Gasteiger partial charge in [0.05, 0.1) is 6.61 Å². The molecule has 110 valence electrons. The first-order valence-electron chi connectivity index (χ1n) is 7.48. The summed E-state index contributed by atoms with van der Waals surface area (Å²) < 4.78 is 8.02. The molecule has 0 aliphatic heterocycles. The van der Waals surface area contributed by atoms with E-state index in [1.807, 2.05) is 0 Å². The van der Waals surface area contributed by atoms with Crippen molar-refractivity contribution in [2.75, 3.05) is 6.61 Å². The molecule has 1 N–H and O–H groups in total. The van der Waals surface area contributed by atoms with E-state index in [0.717, 1.165) is 25.3 Å². The second-order valence-corrected chi connectivity index (χ2v) is 5.69. The zero-order chi connectivity index (χ0) is 14.7. The van der Waals surface area contributed by atoms with Gasteiger partial charge in [0.25, 0.3) is 0 Å². The SMILES string of the molecule is CCCOc1ccc2c(c1)c(CNC(C)C)c(C)n2C. The number of aryl methyl sites for hydroxylation is 1. The maximum absolute atomic E-state index is 5.76. The summed E-state index contributed by atoms with van der Waals surface area (Å²) in [5, 5.41) is 4.81. The number of rotatable bonds is 6. The number of ether oxygens (including phenoxy) is 1. The summed E-state index contributed by atoms with van der Waals surface area (Å²) in [4.78, 5) is 0. The van der Waals surface area contributed by atoms with Gasteiger partial charge in [-0.05, 0) is 37.1 Å². The van der Waals surface area contributed by atoms with Crippen LogP contribution in [0, 0.1) is 6.92 Å². The molecule has 0 radical (unpaired) electrons. The van der Waals surface area contributed by atoms with Crippen molar-refractivity contribution >= 4 is 10.9 Å². The Morgan fingerprint density at radius 3 is 2.70 bits per heavy atom. The van der Waals surface area contributed by atoms with Gasteiger partial charge >= 0.3 is 0 Å². The van der Waals surface area contributed by atoms with Gasteiger partial charge in [-0.2, -0.15) is 0 Å². The fourth-order valence-electron chi connectivity index (χ4n) is 2.47. The van der Waals surface area contributed by atoms with Crippen LogP contribution in [0.1, 0.15) is 38.4 Å². The predicted octanol–water partition coefficient (Wildman–Crippen LogP) is 3.77. The third-order valence-corrected chi connectivity index (χ3v) is 3.75. The van der Waals surface area contributed by atoms with Gasteiger partial charge in [0.15, 0.2) is 0 Å². The van der Waals surface area contributed by atoms with Gasteiger partial charge in [-0.1, -0.05) is 20.8 Å². The Hall–Kier alpha value is -1.48. The molecule has 0 spiro atoms. The molecule has 0 amide bonds. The van der Waals surface area contributed by atoms with Gasteiger partial charge in [-0.15, -0.1) is 0 Å². The van der Waals surface area contributed by atoms with Crippen molar-refractivity contribution in [3.05, 3.63) is 29.5 Å². The molecule has 2 aromatic rings. The van der Waals surface area contributed by atoms with Gasteiger partial charge in [0.1, 0.15) is 5.75 Å². The van der Waals surface area contributed by atoms with E-state index in [9.17, 15) is 0 Å². The van der Waals surface area contributed by atoms with Gasteiger partial charge in [0.2, 0.25) is 0 Å². The van der Waals surface area contributed by atoms with E-state index in [0.29, 0.717) is 6.04 Å². The standard InChI is InChI=1S/C17H26N2O/c1-6-9-20-14-7-8-17-15(10-14)16(11-18-12(2)3)13(4)19(17)5/h7-8,10,12,18H,6,9,11H2,1-5H3. The molecule has 1 heterocycles. The molecule has 0 aliphatic carbocycles. The molecule has 0 fully saturated rings. The lowest BCUT2D eigenvalue weighted by Crippen LogP contribution is -2.22. The molecule has 0 saturated heterocycles. The smallest absolute Gasteiger partial charge is 0.120 e. The molecule has 3 nitrogen and oxygen atoms in total. The van der Waals surface area contributed by atoms with E-state index in [1.165, 1.54) is 22.2 Å². The molecule has 0 aliphatic rings. The number of hydrogen-bond acceptors (Lipinski definition) is 2. The predicted molar refractivity (Wildman–Crippen MR) is 85.4 cm³/mol. The van der Waals surface area contributed by atoms with Crippen LogP contribution in [-0.2, 0) is 13.6 Å². The molecule has 0 atom stereocenters. The zero-order valence-corrected chi connectivity index (χ0v) is 13.3. The van der Waals surface area contributed by atoms with Crippen LogP contribution in [0.5, 0.6) is 5.75 Å². The molecule has 1 aromatic carbocycles. The molecule has 3 heteroatoms. The minimum atomic E-state index is 0.490. The van der Waals surface area contributed by atoms with Crippen molar-refractivity contribution in [1.29, 1.82) is 0 Å². The quantitative estimate of drug-likeness (QED) is 0.867. The van der Waals surface area contributed by atoms with E-state index in [4.69, 9.17) is 4.74 Å². The zero-order valence-electron chi connectivity index (χ0n) is 13.3. The molecule has 0 saturated carbocycles. The monoisotopic (exact) mass is 274 g/mol. The number of aromatic nitrogens is 1. The summed E-state index contributed by atoms with van der Waals surface area (Å²) in [5.74, 6) is 0.968. The summed E-state index contributed by atoms with van der Waals surface area (Å²) in [6.07, 6.45) is 1.04. The van der Waals surface area contributed by atoms with Crippen molar-refractivity contribution in [1.82, 2.24) is 9.88 Å². The Labute approximate surface area is 121 Å². The fourth-order valence-corrected chi connectivity index (χ4v) is 2.47. The third-order valence-electron chi connectivity index (χ3n) is 3.75. The largest absolute Gasteiger partial charge is 0.494 e. The molecule has 20 heavy (non-hydrogen) atoms. The Kier molecular flexibility index (Phi) is 4.71. The Morgan fingerprint density at radius 2 is 2.05 bits per heavy atom. The lowest BCUT2D eigenvalue weighted by atomic mass is 10.1. The van der Waals surface area contributed by atoms with Gasteiger partial charge < -0.3 is 14.6 Å². The van der Waals surface area contributed by atoms with Crippen LogP contribution in [-0.4, -0.2) is 17.2 Å². The highest BCUT2D eigenvalue weighted by Crippen LogP contribution is 2.28. The Balaban J connectivity index is 2.40. The van der Waals surface area contributed by atoms with Crippen molar-refractivity contribution in [3.63, 3.8) is 0 Å². The number of fused-ring (bicyclic) bond motifs is 1. The number of nitrogens with one attached hydrogen (secondary N) is 1. The summed E-state index contributed by atoms with van der Waals surface area (Å²) in [5.41, 5.74) is 3.96. The summed E-state index contributed by atoms with van der Waals surface area (Å²) in [6, 6.07) is 6.89. The van der Waals surface area contributed by atoms with Gasteiger partial charge in [0, 0.05) is 36.2 Å². The fraction of sp³-hybridized carbons (Fsp3) is 0.529. The maximum atomic E-state index is 5.76. The van der Waals surface area contributed by atoms with Crippen LogP contribution < -0.4 is 10.1 Å². The van der Waals surface area contributed by atoms with Crippen molar-refractivity contribution in [2.45, 2.75) is 46.7 Å². The number of hydrogen-bond donors (Lipinski definition) is 1. The second kappa shape index (κ2) is 6.31. The molecule has 2 rings (SSSR count). The minimum Gasteiger partial charge on any atom is -0.494 e. The lowest BCUT2D eigenvalue weighted by molar-refractivity contribution is 0.318. The van der Waals surface area contributed by atoms with E-state index in [-0.39, 0.29) is 0 Å². The van der Waals surface area contributed by atoms with Crippen LogP contribution in [0.4, 0.5) is 0 Å². The summed E-state index contributed by atoms with van der Waals surface area (Å²) >= 11 is 0. The van der Waals surface area contributed by atoms with Gasteiger partial charge in [-0.25, -0.2) is 0 Å². The third kappa shape index (κ3) is 2.98. The van der Waals surface area contributed by atoms with Gasteiger partial charge in [-0.3, -0.25) is 0 Å². The first kappa shape index (κ1) is 14.9. The first-order chi connectivity index (χ1) is 9.54. The summed E-state index contributed by atoms with van der Waals surface area (Å²) in [6.45, 7) is 10.3. The van der Waals surface area contributed by atoms with Crippen LogP contribution in [0.25, 0.3) is 10.9 Å². The highest BCUT2D eigenvalue weighted by molar-refractivity contribution is 5.86. The number of benzene rings is 1. The van der Waals surface area contributed by atoms with E-state index >= 15 is 0 Å². The molecular weight excluding hydrogens is 248 g/mol. The average molecular weight is 274 g/mol.